The summed E-state index contributed by atoms with van der Waals surface area (Å²) >= 11 is 5.79. The van der Waals surface area contributed by atoms with E-state index in [1.165, 1.54) is 10.8 Å². The molecule has 0 aliphatic heterocycles. The minimum Gasteiger partial charge on any atom is -0.122 e. The van der Waals surface area contributed by atoms with Crippen LogP contribution in [-0.2, 0) is 5.88 Å². The summed E-state index contributed by atoms with van der Waals surface area (Å²) in [4.78, 5) is 0. The predicted molar refractivity (Wildman–Crippen MR) is 53.1 cm³/mol. The van der Waals surface area contributed by atoms with Crippen LogP contribution in [0.2, 0.25) is 13.1 Å². The maximum absolute atomic E-state index is 5.79. The largest absolute Gasteiger partial charge is 0.122 e. The monoisotopic (exact) mass is 183 g/mol. The molecule has 0 saturated carbocycles. The Hall–Kier alpha value is -0.273. The van der Waals surface area contributed by atoms with Crippen LogP contribution in [0.15, 0.2) is 24.3 Å². The quantitative estimate of drug-likeness (QED) is 0.488. The second-order valence-electron chi connectivity index (χ2n) is 2.79. The molecule has 0 saturated heterocycles. The average Bonchev–Trinajstić information content (AvgIpc) is 2.04. The van der Waals surface area contributed by atoms with Gasteiger partial charge in [-0.2, -0.15) is 0 Å². The van der Waals surface area contributed by atoms with Crippen molar-refractivity contribution in [3.05, 3.63) is 29.8 Å². The molecular formula is C9H12ClSi. The van der Waals surface area contributed by atoms with E-state index in [9.17, 15) is 0 Å². The normalized spacial score (nSPS) is 10.5. The zero-order valence-corrected chi connectivity index (χ0v) is 8.65. The summed E-state index contributed by atoms with van der Waals surface area (Å²) in [5.41, 5.74) is 1.30. The first kappa shape index (κ1) is 8.82. The molecule has 0 aliphatic rings. The van der Waals surface area contributed by atoms with Crippen LogP contribution < -0.4 is 5.19 Å². The summed E-state index contributed by atoms with van der Waals surface area (Å²) in [5, 5.41) is 1.47. The third kappa shape index (κ3) is 2.08. The first-order chi connectivity index (χ1) is 5.25. The van der Waals surface area contributed by atoms with Crippen molar-refractivity contribution in [2.24, 2.45) is 0 Å². The molecule has 0 atom stereocenters. The van der Waals surface area contributed by atoms with Crippen molar-refractivity contribution in [1.29, 1.82) is 0 Å². The maximum atomic E-state index is 5.79. The fourth-order valence-electron chi connectivity index (χ4n) is 1.12. The van der Waals surface area contributed by atoms with Gasteiger partial charge < -0.3 is 0 Å². The molecule has 0 spiro atoms. The van der Waals surface area contributed by atoms with Crippen molar-refractivity contribution in [3.63, 3.8) is 0 Å². The van der Waals surface area contributed by atoms with Crippen LogP contribution in [-0.4, -0.2) is 8.80 Å². The lowest BCUT2D eigenvalue weighted by atomic mass is 10.2. The molecule has 1 aromatic rings. The van der Waals surface area contributed by atoms with E-state index in [-0.39, 0.29) is 8.80 Å². The Morgan fingerprint density at radius 3 is 2.36 bits per heavy atom. The lowest BCUT2D eigenvalue weighted by Crippen LogP contribution is -2.25. The third-order valence-corrected chi connectivity index (χ3v) is 3.55. The van der Waals surface area contributed by atoms with Crippen molar-refractivity contribution < 1.29 is 0 Å². The van der Waals surface area contributed by atoms with Gasteiger partial charge in [-0.3, -0.25) is 0 Å². The van der Waals surface area contributed by atoms with Gasteiger partial charge >= 0.3 is 0 Å². The Morgan fingerprint density at radius 1 is 1.27 bits per heavy atom. The van der Waals surface area contributed by atoms with E-state index in [2.05, 4.69) is 31.3 Å². The summed E-state index contributed by atoms with van der Waals surface area (Å²) in [6, 6.07) is 8.43. The maximum Gasteiger partial charge on any atom is 0.0795 e. The molecule has 1 rings (SSSR count). The number of hydrogen-bond donors (Lipinski definition) is 0. The molecule has 0 N–H and O–H groups in total. The zero-order chi connectivity index (χ0) is 8.27. The van der Waals surface area contributed by atoms with Gasteiger partial charge in [0.1, 0.15) is 0 Å². The van der Waals surface area contributed by atoms with Gasteiger partial charge in [-0.1, -0.05) is 42.5 Å². The van der Waals surface area contributed by atoms with E-state index in [0.29, 0.717) is 5.88 Å². The summed E-state index contributed by atoms with van der Waals surface area (Å²) in [5.74, 6) is 0.645. The number of hydrogen-bond acceptors (Lipinski definition) is 0. The molecule has 0 aliphatic carbocycles. The van der Waals surface area contributed by atoms with Gasteiger partial charge in [0.05, 0.1) is 8.80 Å². The van der Waals surface area contributed by atoms with E-state index >= 15 is 0 Å². The molecule has 0 unspecified atom stereocenters. The van der Waals surface area contributed by atoms with Gasteiger partial charge in [-0.15, -0.1) is 11.6 Å². The van der Waals surface area contributed by atoms with Crippen molar-refractivity contribution in [2.75, 3.05) is 0 Å². The van der Waals surface area contributed by atoms with Crippen LogP contribution in [0, 0.1) is 0 Å². The van der Waals surface area contributed by atoms with Crippen LogP contribution in [0.5, 0.6) is 0 Å². The molecule has 59 valence electrons. The summed E-state index contributed by atoms with van der Waals surface area (Å²) < 4.78 is 0. The summed E-state index contributed by atoms with van der Waals surface area (Å²) in [6.45, 7) is 4.58. The molecule has 0 aromatic heterocycles. The van der Waals surface area contributed by atoms with E-state index in [1.54, 1.807) is 0 Å². The number of benzene rings is 1. The van der Waals surface area contributed by atoms with Gasteiger partial charge in [0.15, 0.2) is 0 Å². The van der Waals surface area contributed by atoms with Gasteiger partial charge in [-0.25, -0.2) is 0 Å². The van der Waals surface area contributed by atoms with Crippen molar-refractivity contribution in [1.82, 2.24) is 0 Å². The third-order valence-electron chi connectivity index (χ3n) is 1.70. The fourth-order valence-corrected chi connectivity index (χ4v) is 2.71. The standard InChI is InChI=1S/C9H12ClSi/c1-11(2)9-6-4-3-5-8(9)7-10/h3-6H,7H2,1-2H3. The molecule has 1 radical (unpaired) electrons. The van der Waals surface area contributed by atoms with Crippen molar-refractivity contribution in [3.8, 4) is 0 Å². The second-order valence-corrected chi connectivity index (χ2v) is 5.60. The molecule has 0 fully saturated rings. The number of halogens is 1. The van der Waals surface area contributed by atoms with Crippen LogP contribution in [0.3, 0.4) is 0 Å². The van der Waals surface area contributed by atoms with Crippen LogP contribution in [0.1, 0.15) is 5.56 Å². The van der Waals surface area contributed by atoms with Gasteiger partial charge in [0.2, 0.25) is 0 Å². The highest BCUT2D eigenvalue weighted by Crippen LogP contribution is 2.01. The van der Waals surface area contributed by atoms with E-state index in [4.69, 9.17) is 11.6 Å². The van der Waals surface area contributed by atoms with E-state index in [0.717, 1.165) is 0 Å². The fraction of sp³-hybridized carbons (Fsp3) is 0.333. The smallest absolute Gasteiger partial charge is 0.0795 e. The van der Waals surface area contributed by atoms with Gasteiger partial charge in [-0.05, 0) is 5.56 Å². The predicted octanol–water partition coefficient (Wildman–Crippen LogP) is 2.39. The highest BCUT2D eigenvalue weighted by molar-refractivity contribution is 6.71. The number of alkyl halides is 1. The zero-order valence-electron chi connectivity index (χ0n) is 6.89. The Kier molecular flexibility index (Phi) is 3.15. The van der Waals surface area contributed by atoms with E-state index in [1.807, 2.05) is 6.07 Å². The van der Waals surface area contributed by atoms with Crippen molar-refractivity contribution in [2.45, 2.75) is 19.0 Å². The van der Waals surface area contributed by atoms with Crippen LogP contribution in [0.25, 0.3) is 0 Å². The molecule has 0 amide bonds. The molecular weight excluding hydrogens is 172 g/mol. The van der Waals surface area contributed by atoms with Gasteiger partial charge in [0, 0.05) is 5.88 Å². The highest BCUT2D eigenvalue weighted by atomic mass is 35.5. The lowest BCUT2D eigenvalue weighted by molar-refractivity contribution is 1.43. The van der Waals surface area contributed by atoms with Gasteiger partial charge in [0.25, 0.3) is 0 Å². The molecule has 2 heteroatoms. The molecule has 0 nitrogen and oxygen atoms in total. The minimum absolute atomic E-state index is 0.338. The Bertz CT molecular complexity index is 233. The van der Waals surface area contributed by atoms with Crippen LogP contribution >= 0.6 is 11.6 Å². The highest BCUT2D eigenvalue weighted by Gasteiger charge is 2.04. The first-order valence-electron chi connectivity index (χ1n) is 3.70. The first-order valence-corrected chi connectivity index (χ1v) is 6.73. The minimum atomic E-state index is -0.338. The summed E-state index contributed by atoms with van der Waals surface area (Å²) in [7, 11) is -0.338. The lowest BCUT2D eigenvalue weighted by Gasteiger charge is -2.07. The molecule has 11 heavy (non-hydrogen) atoms. The molecule has 0 heterocycles. The Morgan fingerprint density at radius 2 is 1.91 bits per heavy atom. The molecule has 1 aromatic carbocycles. The second kappa shape index (κ2) is 3.93. The van der Waals surface area contributed by atoms with E-state index < -0.39 is 0 Å². The SMILES string of the molecule is C[Si](C)c1ccccc1CCl. The Balaban J connectivity index is 3.02. The molecule has 0 bridgehead atoms. The Labute approximate surface area is 74.8 Å². The average molecular weight is 184 g/mol. The summed E-state index contributed by atoms with van der Waals surface area (Å²) in [6.07, 6.45) is 0. The topological polar surface area (TPSA) is 0 Å². The number of rotatable bonds is 2. The van der Waals surface area contributed by atoms with Crippen molar-refractivity contribution >= 4 is 25.6 Å². The van der Waals surface area contributed by atoms with Crippen LogP contribution in [0.4, 0.5) is 0 Å².